The Morgan fingerprint density at radius 1 is 1.57 bits per heavy atom. The Balaban J connectivity index is 2.66. The lowest BCUT2D eigenvalue weighted by Crippen LogP contribution is -2.27. The molecule has 0 spiro atoms. The van der Waals surface area contributed by atoms with Gasteiger partial charge in [0.05, 0.1) is 6.04 Å². The van der Waals surface area contributed by atoms with Crippen molar-refractivity contribution in [1.29, 1.82) is 0 Å². The van der Waals surface area contributed by atoms with Crippen molar-refractivity contribution >= 4 is 12.1 Å². The third-order valence-electron chi connectivity index (χ3n) is 2.54. The van der Waals surface area contributed by atoms with Crippen LogP contribution in [0, 0.1) is 11.8 Å². The molecule has 1 rings (SSSR count). The van der Waals surface area contributed by atoms with Crippen molar-refractivity contribution in [3.63, 3.8) is 0 Å². The van der Waals surface area contributed by atoms with Crippen LogP contribution in [0.1, 0.15) is 20.8 Å². The van der Waals surface area contributed by atoms with Gasteiger partial charge in [-0.15, -0.1) is 0 Å². The highest BCUT2D eigenvalue weighted by molar-refractivity contribution is 5.90. The summed E-state index contributed by atoms with van der Waals surface area (Å²) in [7, 11) is 0. The molecule has 3 atom stereocenters. The molecule has 0 bridgehead atoms. The second-order valence-corrected chi connectivity index (χ2v) is 3.75. The third kappa shape index (κ3) is 2.66. The molecule has 1 aliphatic rings. The van der Waals surface area contributed by atoms with Gasteiger partial charge in [-0.3, -0.25) is 4.99 Å². The second-order valence-electron chi connectivity index (χ2n) is 3.75. The van der Waals surface area contributed by atoms with Crippen molar-refractivity contribution in [2.24, 2.45) is 21.8 Å². The van der Waals surface area contributed by atoms with Crippen molar-refractivity contribution in [3.8, 4) is 0 Å². The molecule has 1 heterocycles. The fourth-order valence-electron chi connectivity index (χ4n) is 1.69. The lowest BCUT2D eigenvalue weighted by Gasteiger charge is -2.24. The van der Waals surface area contributed by atoms with E-state index in [2.05, 4.69) is 36.5 Å². The summed E-state index contributed by atoms with van der Waals surface area (Å²) in [5, 5.41) is 0. The molecule has 0 saturated carbocycles. The zero-order valence-electron chi connectivity index (χ0n) is 9.14. The lowest BCUT2D eigenvalue weighted by molar-refractivity contribution is 0.471. The molecule has 0 fully saturated rings. The summed E-state index contributed by atoms with van der Waals surface area (Å²) >= 11 is 0. The average Bonchev–Trinajstić information content (AvgIpc) is 2.14. The average molecular weight is 190 g/mol. The summed E-state index contributed by atoms with van der Waals surface area (Å²) in [4.78, 5) is 8.71. The van der Waals surface area contributed by atoms with Gasteiger partial charge >= 0.3 is 0 Å². The largest absolute Gasteiger partial charge is 0.267 e. The molecule has 0 aromatic carbocycles. The number of allylic oxidation sites excluding steroid dienone is 3. The van der Waals surface area contributed by atoms with Gasteiger partial charge in [-0.25, -0.2) is 4.99 Å². The van der Waals surface area contributed by atoms with Crippen LogP contribution in [-0.2, 0) is 0 Å². The highest BCUT2D eigenvalue weighted by Gasteiger charge is 2.22. The van der Waals surface area contributed by atoms with Crippen LogP contribution in [0.3, 0.4) is 0 Å². The van der Waals surface area contributed by atoms with Gasteiger partial charge in [0.2, 0.25) is 0 Å². The van der Waals surface area contributed by atoms with E-state index in [-0.39, 0.29) is 0 Å². The molecule has 0 N–H and O–H groups in total. The van der Waals surface area contributed by atoms with Gasteiger partial charge < -0.3 is 0 Å². The van der Waals surface area contributed by atoms with Crippen LogP contribution in [-0.4, -0.2) is 18.1 Å². The third-order valence-corrected chi connectivity index (χ3v) is 2.54. The van der Waals surface area contributed by atoms with Crippen molar-refractivity contribution in [2.75, 3.05) is 0 Å². The molecule has 0 saturated heterocycles. The number of amidine groups is 1. The van der Waals surface area contributed by atoms with Crippen LogP contribution < -0.4 is 0 Å². The Labute approximate surface area is 86.2 Å². The normalized spacial score (nSPS) is 28.9. The topological polar surface area (TPSA) is 24.7 Å². The van der Waals surface area contributed by atoms with Crippen molar-refractivity contribution < 1.29 is 0 Å². The van der Waals surface area contributed by atoms with Gasteiger partial charge in [-0.05, 0) is 19.8 Å². The summed E-state index contributed by atoms with van der Waals surface area (Å²) in [6.07, 6.45) is 7.95. The Kier molecular flexibility index (Phi) is 3.81. The molecule has 0 radical (unpaired) electrons. The SMILES string of the molecule is C=C/C=C\C(C)C1C=NC(C)=NC1C. The molecular formula is C12H18N2. The summed E-state index contributed by atoms with van der Waals surface area (Å²) in [5.74, 6) is 1.76. The quantitative estimate of drug-likeness (QED) is 0.611. The number of nitrogens with zero attached hydrogens (tertiary/aromatic N) is 2. The van der Waals surface area contributed by atoms with E-state index in [9.17, 15) is 0 Å². The van der Waals surface area contributed by atoms with E-state index < -0.39 is 0 Å². The van der Waals surface area contributed by atoms with Crippen LogP contribution >= 0.6 is 0 Å². The highest BCUT2D eigenvalue weighted by Crippen LogP contribution is 2.20. The van der Waals surface area contributed by atoms with Gasteiger partial charge in [0, 0.05) is 12.1 Å². The lowest BCUT2D eigenvalue weighted by atomic mass is 9.88. The summed E-state index contributed by atoms with van der Waals surface area (Å²) < 4.78 is 0. The molecule has 0 aliphatic carbocycles. The van der Waals surface area contributed by atoms with E-state index in [0.29, 0.717) is 17.9 Å². The van der Waals surface area contributed by atoms with Gasteiger partial charge in [0.25, 0.3) is 0 Å². The predicted octanol–water partition coefficient (Wildman–Crippen LogP) is 2.87. The maximum Gasteiger partial charge on any atom is 0.119 e. The maximum absolute atomic E-state index is 4.45. The molecule has 76 valence electrons. The van der Waals surface area contributed by atoms with Crippen LogP contribution in [0.4, 0.5) is 0 Å². The van der Waals surface area contributed by atoms with Crippen LogP contribution in [0.15, 0.2) is 34.8 Å². The second kappa shape index (κ2) is 4.89. The minimum Gasteiger partial charge on any atom is -0.267 e. The van der Waals surface area contributed by atoms with Crippen molar-refractivity contribution in [3.05, 3.63) is 24.8 Å². The standard InChI is InChI=1S/C12H18N2/c1-5-6-7-9(2)12-8-13-11(4)14-10(12)3/h5-10,12H,1H2,2-4H3/b7-6-. The van der Waals surface area contributed by atoms with E-state index in [1.165, 1.54) is 0 Å². The van der Waals surface area contributed by atoms with E-state index >= 15 is 0 Å². The summed E-state index contributed by atoms with van der Waals surface area (Å²) in [6.45, 7) is 9.92. The predicted molar refractivity (Wildman–Crippen MR) is 63.1 cm³/mol. The molecule has 1 aliphatic heterocycles. The zero-order valence-corrected chi connectivity index (χ0v) is 9.14. The number of hydrogen-bond acceptors (Lipinski definition) is 2. The fraction of sp³-hybridized carbons (Fsp3) is 0.500. The number of rotatable bonds is 3. The Morgan fingerprint density at radius 3 is 2.86 bits per heavy atom. The van der Waals surface area contributed by atoms with Gasteiger partial charge in [-0.1, -0.05) is 31.7 Å². The Hall–Kier alpha value is -1.18. The molecule has 0 aromatic heterocycles. The van der Waals surface area contributed by atoms with E-state index in [4.69, 9.17) is 0 Å². The minimum absolute atomic E-state index is 0.331. The van der Waals surface area contributed by atoms with Gasteiger partial charge in [-0.2, -0.15) is 0 Å². The molecule has 0 aromatic rings. The van der Waals surface area contributed by atoms with Crippen LogP contribution in [0.2, 0.25) is 0 Å². The fourth-order valence-corrected chi connectivity index (χ4v) is 1.69. The Bertz CT molecular complexity index is 287. The summed E-state index contributed by atoms with van der Waals surface area (Å²) in [6, 6.07) is 0.331. The first-order valence-corrected chi connectivity index (χ1v) is 5.03. The monoisotopic (exact) mass is 190 g/mol. The molecular weight excluding hydrogens is 172 g/mol. The maximum atomic E-state index is 4.45. The number of hydrogen-bond donors (Lipinski definition) is 0. The minimum atomic E-state index is 0.331. The first-order chi connectivity index (χ1) is 6.65. The number of aliphatic imine (C=N–C) groups is 2. The first-order valence-electron chi connectivity index (χ1n) is 5.03. The Morgan fingerprint density at radius 2 is 2.29 bits per heavy atom. The highest BCUT2D eigenvalue weighted by atomic mass is 15.0. The zero-order chi connectivity index (χ0) is 10.6. The van der Waals surface area contributed by atoms with Crippen LogP contribution in [0.5, 0.6) is 0 Å². The molecule has 2 nitrogen and oxygen atoms in total. The molecule has 0 amide bonds. The smallest absolute Gasteiger partial charge is 0.119 e. The van der Waals surface area contributed by atoms with E-state index in [1.807, 2.05) is 19.2 Å². The van der Waals surface area contributed by atoms with E-state index in [0.717, 1.165) is 5.84 Å². The van der Waals surface area contributed by atoms with Crippen molar-refractivity contribution in [1.82, 2.24) is 0 Å². The van der Waals surface area contributed by atoms with E-state index in [1.54, 1.807) is 6.08 Å². The molecule has 3 unspecified atom stereocenters. The van der Waals surface area contributed by atoms with Gasteiger partial charge in [0.15, 0.2) is 0 Å². The molecule has 2 heteroatoms. The van der Waals surface area contributed by atoms with Crippen LogP contribution in [0.25, 0.3) is 0 Å². The van der Waals surface area contributed by atoms with Crippen molar-refractivity contribution in [2.45, 2.75) is 26.8 Å². The first kappa shape index (κ1) is 10.9. The summed E-state index contributed by atoms with van der Waals surface area (Å²) in [5.41, 5.74) is 0. The van der Waals surface area contributed by atoms with Gasteiger partial charge in [0.1, 0.15) is 5.84 Å². The molecule has 14 heavy (non-hydrogen) atoms.